The van der Waals surface area contributed by atoms with Gasteiger partial charge in [0.1, 0.15) is 0 Å². The number of carboxylic acids is 1. The van der Waals surface area contributed by atoms with E-state index in [2.05, 4.69) is 10.6 Å². The lowest BCUT2D eigenvalue weighted by Gasteiger charge is -2.29. The third-order valence-electron chi connectivity index (χ3n) is 7.20. The van der Waals surface area contributed by atoms with Crippen LogP contribution in [0.5, 0.6) is 0 Å². The maximum absolute atomic E-state index is 14.0. The van der Waals surface area contributed by atoms with E-state index in [0.717, 1.165) is 36.8 Å². The Balaban J connectivity index is 1.49. The number of benzodiazepines with no additional fused rings is 1. The van der Waals surface area contributed by atoms with E-state index in [9.17, 15) is 24.6 Å². The Morgan fingerprint density at radius 3 is 2.44 bits per heavy atom. The summed E-state index contributed by atoms with van der Waals surface area (Å²) < 4.78 is 0. The number of carboxylic acid groups (broad SMARTS) is 1. The molecule has 1 heterocycles. The van der Waals surface area contributed by atoms with E-state index < -0.39 is 30.2 Å². The van der Waals surface area contributed by atoms with Crippen molar-refractivity contribution in [2.75, 3.05) is 16.8 Å². The van der Waals surface area contributed by atoms with Crippen molar-refractivity contribution in [3.05, 3.63) is 95.6 Å². The van der Waals surface area contributed by atoms with Crippen LogP contribution in [0, 0.1) is 5.92 Å². The molecule has 3 amide bonds. The summed E-state index contributed by atoms with van der Waals surface area (Å²) in [6.07, 6.45) is 1.94. The number of carbonyl (C=O) groups is 3. The van der Waals surface area contributed by atoms with E-state index in [-0.39, 0.29) is 23.7 Å². The zero-order valence-electron chi connectivity index (χ0n) is 21.3. The van der Waals surface area contributed by atoms with Crippen molar-refractivity contribution in [3.8, 4) is 0 Å². The molecule has 39 heavy (non-hydrogen) atoms. The van der Waals surface area contributed by atoms with Gasteiger partial charge in [0, 0.05) is 16.8 Å². The van der Waals surface area contributed by atoms with Crippen LogP contribution in [0.15, 0.2) is 83.9 Å². The number of nitrogens with zero attached hydrogens (tertiary/aromatic N) is 2. The number of aliphatic hydroxyl groups is 1. The number of rotatable bonds is 7. The summed E-state index contributed by atoms with van der Waals surface area (Å²) >= 11 is 0. The molecule has 4 N–H and O–H groups in total. The molecule has 2 aliphatic rings. The Morgan fingerprint density at radius 2 is 1.69 bits per heavy atom. The largest absolute Gasteiger partial charge is 0.478 e. The molecule has 0 aromatic heterocycles. The number of nitrogens with one attached hydrogen (secondary N) is 2. The molecule has 1 saturated carbocycles. The lowest BCUT2D eigenvalue weighted by atomic mass is 9.98. The molecule has 9 heteroatoms. The van der Waals surface area contributed by atoms with Gasteiger partial charge in [0.15, 0.2) is 0 Å². The molecule has 1 aliphatic carbocycles. The maximum Gasteiger partial charge on any atom is 0.335 e. The highest BCUT2D eigenvalue weighted by Crippen LogP contribution is 2.32. The number of fused-ring (bicyclic) bond motifs is 1. The fourth-order valence-electron chi connectivity index (χ4n) is 5.24. The minimum atomic E-state index is -1.29. The first kappa shape index (κ1) is 26.1. The van der Waals surface area contributed by atoms with Gasteiger partial charge in [-0.1, -0.05) is 67.4 Å². The normalized spacial score (nSPS) is 18.1. The van der Waals surface area contributed by atoms with Gasteiger partial charge in [-0.15, -0.1) is 0 Å². The Kier molecular flexibility index (Phi) is 7.69. The molecule has 3 aromatic rings. The molecule has 5 rings (SSSR count). The van der Waals surface area contributed by atoms with Crippen molar-refractivity contribution in [2.24, 2.45) is 10.9 Å². The first-order chi connectivity index (χ1) is 18.9. The molecule has 3 aromatic carbocycles. The highest BCUT2D eigenvalue weighted by atomic mass is 16.4. The van der Waals surface area contributed by atoms with Gasteiger partial charge in [-0.2, -0.15) is 0 Å². The van der Waals surface area contributed by atoms with E-state index in [4.69, 9.17) is 4.99 Å². The van der Waals surface area contributed by atoms with Crippen LogP contribution in [-0.4, -0.2) is 52.6 Å². The SMILES string of the molecule is O=C(Nc1cccc(C(=O)O)c1)NC1N=C(c2ccccc2)c2ccccc2N(CC(O)C2CCCC2)C1=O. The number of hydrogen-bond acceptors (Lipinski definition) is 5. The summed E-state index contributed by atoms with van der Waals surface area (Å²) in [7, 11) is 0. The van der Waals surface area contributed by atoms with Crippen molar-refractivity contribution in [3.63, 3.8) is 0 Å². The van der Waals surface area contributed by atoms with E-state index in [1.54, 1.807) is 6.07 Å². The minimum absolute atomic E-state index is 0.0188. The smallest absolute Gasteiger partial charge is 0.335 e. The van der Waals surface area contributed by atoms with Crippen molar-refractivity contribution >= 4 is 35.0 Å². The molecule has 0 radical (unpaired) electrons. The van der Waals surface area contributed by atoms with Crippen molar-refractivity contribution < 1.29 is 24.6 Å². The fraction of sp³-hybridized carbons (Fsp3) is 0.267. The summed E-state index contributed by atoms with van der Waals surface area (Å²) in [5.74, 6) is -1.48. The minimum Gasteiger partial charge on any atom is -0.478 e. The van der Waals surface area contributed by atoms with Crippen LogP contribution >= 0.6 is 0 Å². The van der Waals surface area contributed by atoms with Crippen LogP contribution in [0.25, 0.3) is 0 Å². The predicted octanol–water partition coefficient (Wildman–Crippen LogP) is 4.27. The summed E-state index contributed by atoms with van der Waals surface area (Å²) in [5, 5.41) is 25.6. The zero-order chi connectivity index (χ0) is 27.4. The second-order valence-electron chi connectivity index (χ2n) is 9.81. The van der Waals surface area contributed by atoms with Crippen LogP contribution in [0.2, 0.25) is 0 Å². The number of urea groups is 1. The molecule has 0 saturated heterocycles. The van der Waals surface area contributed by atoms with Gasteiger partial charge in [-0.05, 0) is 43.0 Å². The molecule has 2 unspecified atom stereocenters. The van der Waals surface area contributed by atoms with Crippen molar-refractivity contribution in [1.82, 2.24) is 5.32 Å². The number of aromatic carboxylic acids is 1. The average molecular weight is 527 g/mol. The molecule has 0 spiro atoms. The number of β-amino-alcohol motifs (C(OH)–C–C–N with tert-alkyl or cyclic N) is 1. The van der Waals surface area contributed by atoms with E-state index in [1.165, 1.54) is 23.1 Å². The van der Waals surface area contributed by atoms with Gasteiger partial charge in [0.05, 0.1) is 29.6 Å². The van der Waals surface area contributed by atoms with Gasteiger partial charge in [0.25, 0.3) is 5.91 Å². The third-order valence-corrected chi connectivity index (χ3v) is 7.20. The Morgan fingerprint density at radius 1 is 0.974 bits per heavy atom. The number of benzene rings is 3. The topological polar surface area (TPSA) is 131 Å². The van der Waals surface area contributed by atoms with E-state index in [1.807, 2.05) is 54.6 Å². The summed E-state index contributed by atoms with van der Waals surface area (Å²) in [4.78, 5) is 44.5. The number of amides is 3. The lowest BCUT2D eigenvalue weighted by molar-refractivity contribution is -0.120. The van der Waals surface area contributed by atoms with E-state index in [0.29, 0.717) is 11.4 Å². The highest BCUT2D eigenvalue weighted by molar-refractivity contribution is 6.20. The van der Waals surface area contributed by atoms with Crippen LogP contribution in [-0.2, 0) is 4.79 Å². The number of aliphatic hydroxyl groups excluding tert-OH is 1. The van der Waals surface area contributed by atoms with E-state index >= 15 is 0 Å². The molecule has 0 bridgehead atoms. The van der Waals surface area contributed by atoms with Gasteiger partial charge in [0.2, 0.25) is 6.17 Å². The first-order valence-electron chi connectivity index (χ1n) is 13.0. The summed E-state index contributed by atoms with van der Waals surface area (Å²) in [5.41, 5.74) is 2.92. The number of anilines is 2. The summed E-state index contributed by atoms with van der Waals surface area (Å²) in [6.45, 7) is 0.0819. The van der Waals surface area contributed by atoms with Gasteiger partial charge >= 0.3 is 12.0 Å². The fourth-order valence-corrected chi connectivity index (χ4v) is 5.24. The number of carbonyl (C=O) groups excluding carboxylic acids is 2. The number of aliphatic imine (C=N–C) groups is 1. The molecular weight excluding hydrogens is 496 g/mol. The zero-order valence-corrected chi connectivity index (χ0v) is 21.3. The molecular formula is C30H30N4O5. The van der Waals surface area contributed by atoms with Crippen molar-refractivity contribution in [1.29, 1.82) is 0 Å². The maximum atomic E-state index is 14.0. The molecule has 1 aliphatic heterocycles. The second-order valence-corrected chi connectivity index (χ2v) is 9.81. The molecule has 2 atom stereocenters. The van der Waals surface area contributed by atoms with Crippen LogP contribution in [0.1, 0.15) is 47.2 Å². The standard InChI is InChI=1S/C30H30N4O5/c35-25(19-9-4-5-10-19)18-34-24-16-7-6-15-23(24)26(20-11-2-1-3-12-20)32-27(28(34)36)33-30(39)31-22-14-8-13-21(17-22)29(37)38/h1-3,6-8,11-17,19,25,27,35H,4-5,9-10,18H2,(H,37,38)(H2,31,33,39). The third kappa shape index (κ3) is 5.83. The first-order valence-corrected chi connectivity index (χ1v) is 13.0. The Bertz CT molecular complexity index is 1400. The van der Waals surface area contributed by atoms with Crippen LogP contribution in [0.4, 0.5) is 16.2 Å². The lowest BCUT2D eigenvalue weighted by Crippen LogP contribution is -2.51. The highest BCUT2D eigenvalue weighted by Gasteiger charge is 2.35. The number of hydrogen-bond donors (Lipinski definition) is 4. The average Bonchev–Trinajstić information content (AvgIpc) is 3.46. The predicted molar refractivity (Wildman–Crippen MR) is 148 cm³/mol. The monoisotopic (exact) mass is 526 g/mol. The van der Waals surface area contributed by atoms with Crippen molar-refractivity contribution in [2.45, 2.75) is 38.0 Å². The van der Waals surface area contributed by atoms with Gasteiger partial charge in [-0.25, -0.2) is 14.6 Å². The Hall–Kier alpha value is -4.50. The van der Waals surface area contributed by atoms with Crippen LogP contribution in [0.3, 0.4) is 0 Å². The number of para-hydroxylation sites is 1. The quantitative estimate of drug-likeness (QED) is 0.365. The Labute approximate surface area is 226 Å². The van der Waals surface area contributed by atoms with Crippen LogP contribution < -0.4 is 15.5 Å². The molecule has 9 nitrogen and oxygen atoms in total. The van der Waals surface area contributed by atoms with Gasteiger partial charge < -0.3 is 25.7 Å². The second kappa shape index (κ2) is 11.5. The molecule has 1 fully saturated rings. The molecule has 200 valence electrons. The van der Waals surface area contributed by atoms with Gasteiger partial charge in [-0.3, -0.25) is 4.79 Å². The summed E-state index contributed by atoms with van der Waals surface area (Å²) in [6, 6.07) is 21.9.